The SMILES string of the molecule is Cc1oc2ccccc2c1C(=O)NC1CCN(CC(=O)N2CCCC2C#N)C1. The molecule has 2 amide bonds. The number of nitrogens with one attached hydrogen (secondary N) is 1. The minimum absolute atomic E-state index is 0.00120. The predicted molar refractivity (Wildman–Crippen MR) is 104 cm³/mol. The first kappa shape index (κ1) is 18.5. The number of hydrogen-bond acceptors (Lipinski definition) is 5. The highest BCUT2D eigenvalue weighted by Crippen LogP contribution is 2.25. The Kier molecular flexibility index (Phi) is 5.05. The van der Waals surface area contributed by atoms with Crippen LogP contribution in [-0.2, 0) is 4.79 Å². The van der Waals surface area contributed by atoms with Gasteiger partial charge in [-0.05, 0) is 32.3 Å². The van der Waals surface area contributed by atoms with Crippen LogP contribution in [0.1, 0.15) is 35.4 Å². The second kappa shape index (κ2) is 7.64. The van der Waals surface area contributed by atoms with Crippen LogP contribution in [0.2, 0.25) is 0 Å². The lowest BCUT2D eigenvalue weighted by atomic mass is 10.1. The maximum Gasteiger partial charge on any atom is 0.255 e. The summed E-state index contributed by atoms with van der Waals surface area (Å²) < 4.78 is 5.69. The molecule has 1 aromatic heterocycles. The van der Waals surface area contributed by atoms with Crippen molar-refractivity contribution in [3.8, 4) is 6.07 Å². The van der Waals surface area contributed by atoms with E-state index in [1.54, 1.807) is 11.8 Å². The highest BCUT2D eigenvalue weighted by atomic mass is 16.3. The van der Waals surface area contributed by atoms with E-state index in [2.05, 4.69) is 16.3 Å². The summed E-state index contributed by atoms with van der Waals surface area (Å²) in [6.07, 6.45) is 2.45. The van der Waals surface area contributed by atoms with Gasteiger partial charge in [0.2, 0.25) is 5.91 Å². The number of furan rings is 1. The van der Waals surface area contributed by atoms with E-state index in [0.717, 1.165) is 31.2 Å². The number of hydrogen-bond donors (Lipinski definition) is 1. The molecule has 4 rings (SSSR count). The third-order valence-corrected chi connectivity index (χ3v) is 5.69. The topological polar surface area (TPSA) is 89.6 Å². The van der Waals surface area contributed by atoms with Crippen LogP contribution >= 0.6 is 0 Å². The Morgan fingerprint density at radius 1 is 1.29 bits per heavy atom. The fourth-order valence-corrected chi connectivity index (χ4v) is 4.28. The zero-order valence-corrected chi connectivity index (χ0v) is 16.0. The minimum atomic E-state index is -0.289. The number of carbonyl (C=O) groups excluding carboxylic acids is 2. The van der Waals surface area contributed by atoms with Crippen molar-refractivity contribution in [1.82, 2.24) is 15.1 Å². The molecule has 2 unspecified atom stereocenters. The Morgan fingerprint density at radius 2 is 2.11 bits per heavy atom. The molecule has 1 N–H and O–H groups in total. The Morgan fingerprint density at radius 3 is 2.93 bits per heavy atom. The molecule has 146 valence electrons. The Bertz CT molecular complexity index is 945. The molecule has 0 saturated carbocycles. The molecule has 0 radical (unpaired) electrons. The molecule has 7 nitrogen and oxygen atoms in total. The first-order valence-corrected chi connectivity index (χ1v) is 9.77. The Labute approximate surface area is 163 Å². The van der Waals surface area contributed by atoms with E-state index in [-0.39, 0.29) is 23.9 Å². The number of aryl methyl sites for hydroxylation is 1. The fraction of sp³-hybridized carbons (Fsp3) is 0.476. The average molecular weight is 380 g/mol. The third kappa shape index (κ3) is 3.48. The summed E-state index contributed by atoms with van der Waals surface area (Å²) in [4.78, 5) is 29.1. The number of carbonyl (C=O) groups is 2. The van der Waals surface area contributed by atoms with Gasteiger partial charge in [-0.2, -0.15) is 5.26 Å². The van der Waals surface area contributed by atoms with Crippen molar-refractivity contribution in [3.05, 3.63) is 35.6 Å². The fourth-order valence-electron chi connectivity index (χ4n) is 4.28. The molecule has 1 aromatic carbocycles. The summed E-state index contributed by atoms with van der Waals surface area (Å²) in [5, 5.41) is 13.1. The standard InChI is InChI=1S/C21H24N4O3/c1-14-20(17-6-2-3-7-18(17)28-14)21(27)23-15-8-10-24(12-15)13-19(26)25-9-4-5-16(25)11-22/h2-3,6-7,15-16H,4-5,8-10,12-13H2,1H3,(H,23,27). The highest BCUT2D eigenvalue weighted by molar-refractivity contribution is 6.07. The lowest BCUT2D eigenvalue weighted by Crippen LogP contribution is -2.43. The molecule has 2 aliphatic rings. The van der Waals surface area contributed by atoms with Gasteiger partial charge >= 0.3 is 0 Å². The van der Waals surface area contributed by atoms with Crippen LogP contribution in [0.15, 0.2) is 28.7 Å². The number of amides is 2. The maximum absolute atomic E-state index is 12.8. The summed E-state index contributed by atoms with van der Waals surface area (Å²) in [6.45, 7) is 4.16. The molecule has 7 heteroatoms. The van der Waals surface area contributed by atoms with Gasteiger partial charge in [-0.3, -0.25) is 14.5 Å². The van der Waals surface area contributed by atoms with Gasteiger partial charge < -0.3 is 14.6 Å². The van der Waals surface area contributed by atoms with Gasteiger partial charge in [-0.15, -0.1) is 0 Å². The number of benzene rings is 1. The molecule has 2 atom stereocenters. The summed E-state index contributed by atoms with van der Waals surface area (Å²) in [7, 11) is 0. The summed E-state index contributed by atoms with van der Waals surface area (Å²) in [5.41, 5.74) is 1.29. The molecule has 0 spiro atoms. The van der Waals surface area contributed by atoms with Crippen LogP contribution < -0.4 is 5.32 Å². The summed E-state index contributed by atoms with van der Waals surface area (Å²) in [5.74, 6) is 0.484. The molecule has 2 aliphatic heterocycles. The van der Waals surface area contributed by atoms with Gasteiger partial charge in [-0.1, -0.05) is 18.2 Å². The van der Waals surface area contributed by atoms with Crippen molar-refractivity contribution >= 4 is 22.8 Å². The lowest BCUT2D eigenvalue weighted by molar-refractivity contribution is -0.132. The van der Waals surface area contributed by atoms with E-state index in [0.29, 0.717) is 36.5 Å². The molecule has 3 heterocycles. The smallest absolute Gasteiger partial charge is 0.255 e. The van der Waals surface area contributed by atoms with E-state index in [1.165, 1.54) is 0 Å². The molecule has 2 fully saturated rings. The molecule has 2 aromatic rings. The van der Waals surface area contributed by atoms with Gasteiger partial charge in [0.25, 0.3) is 5.91 Å². The quantitative estimate of drug-likeness (QED) is 0.877. The van der Waals surface area contributed by atoms with E-state index in [9.17, 15) is 9.59 Å². The van der Waals surface area contributed by atoms with Crippen LogP contribution in [0.4, 0.5) is 0 Å². The third-order valence-electron chi connectivity index (χ3n) is 5.69. The lowest BCUT2D eigenvalue weighted by Gasteiger charge is -2.23. The van der Waals surface area contributed by atoms with Crippen molar-refractivity contribution in [1.29, 1.82) is 5.26 Å². The van der Waals surface area contributed by atoms with Gasteiger partial charge in [0, 0.05) is 31.1 Å². The van der Waals surface area contributed by atoms with Gasteiger partial charge in [0.15, 0.2) is 0 Å². The minimum Gasteiger partial charge on any atom is -0.461 e. The number of likely N-dealkylation sites (tertiary alicyclic amines) is 2. The first-order valence-electron chi connectivity index (χ1n) is 9.77. The van der Waals surface area contributed by atoms with E-state index in [1.807, 2.05) is 24.3 Å². The molecule has 0 bridgehead atoms. The highest BCUT2D eigenvalue weighted by Gasteiger charge is 2.32. The second-order valence-electron chi connectivity index (χ2n) is 7.60. The van der Waals surface area contributed by atoms with Crippen LogP contribution in [-0.4, -0.2) is 59.9 Å². The second-order valence-corrected chi connectivity index (χ2v) is 7.60. The van der Waals surface area contributed by atoms with Crippen LogP contribution in [0, 0.1) is 18.3 Å². The summed E-state index contributed by atoms with van der Waals surface area (Å²) >= 11 is 0. The number of nitrogens with zero attached hydrogens (tertiary/aromatic N) is 3. The van der Waals surface area contributed by atoms with Crippen molar-refractivity contribution in [3.63, 3.8) is 0 Å². The number of rotatable bonds is 4. The largest absolute Gasteiger partial charge is 0.461 e. The first-order chi connectivity index (χ1) is 13.6. The van der Waals surface area contributed by atoms with Gasteiger partial charge in [-0.25, -0.2) is 0 Å². The van der Waals surface area contributed by atoms with Crippen molar-refractivity contribution in [2.24, 2.45) is 0 Å². The van der Waals surface area contributed by atoms with Gasteiger partial charge in [0.05, 0.1) is 18.2 Å². The average Bonchev–Trinajstić information content (AvgIpc) is 3.38. The summed E-state index contributed by atoms with van der Waals surface area (Å²) in [6, 6.07) is 9.45. The van der Waals surface area contributed by atoms with Crippen LogP contribution in [0.3, 0.4) is 0 Å². The van der Waals surface area contributed by atoms with Gasteiger partial charge in [0.1, 0.15) is 17.4 Å². The van der Waals surface area contributed by atoms with Crippen molar-refractivity contribution in [2.75, 3.05) is 26.2 Å². The monoisotopic (exact) mass is 380 g/mol. The van der Waals surface area contributed by atoms with Crippen molar-refractivity contribution in [2.45, 2.75) is 38.3 Å². The molecule has 0 aliphatic carbocycles. The van der Waals surface area contributed by atoms with Crippen LogP contribution in [0.5, 0.6) is 0 Å². The maximum atomic E-state index is 12.8. The predicted octanol–water partition coefficient (Wildman–Crippen LogP) is 2.06. The normalized spacial score (nSPS) is 22.5. The molecular formula is C21H24N4O3. The molecule has 28 heavy (non-hydrogen) atoms. The zero-order valence-electron chi connectivity index (χ0n) is 16.0. The number of fused-ring (bicyclic) bond motifs is 1. The molecule has 2 saturated heterocycles. The van der Waals surface area contributed by atoms with E-state index in [4.69, 9.17) is 9.68 Å². The van der Waals surface area contributed by atoms with E-state index >= 15 is 0 Å². The Hall–Kier alpha value is -2.85. The number of nitriles is 1. The van der Waals surface area contributed by atoms with Crippen molar-refractivity contribution < 1.29 is 14.0 Å². The number of para-hydroxylation sites is 1. The van der Waals surface area contributed by atoms with Crippen LogP contribution in [0.25, 0.3) is 11.0 Å². The Balaban J connectivity index is 1.36. The zero-order chi connectivity index (χ0) is 19.7. The molecular weight excluding hydrogens is 356 g/mol. The van der Waals surface area contributed by atoms with E-state index < -0.39 is 0 Å².